The lowest BCUT2D eigenvalue weighted by atomic mass is 9.78. The minimum atomic E-state index is 0.0735. The van der Waals surface area contributed by atoms with Gasteiger partial charge in [0.2, 0.25) is 0 Å². The van der Waals surface area contributed by atoms with Gasteiger partial charge in [0.05, 0.1) is 10.6 Å². The van der Waals surface area contributed by atoms with E-state index in [-0.39, 0.29) is 5.41 Å². The van der Waals surface area contributed by atoms with Gasteiger partial charge in [0, 0.05) is 25.3 Å². The molecule has 0 unspecified atom stereocenters. The Labute approximate surface area is 122 Å². The van der Waals surface area contributed by atoms with Gasteiger partial charge in [-0.1, -0.05) is 25.2 Å². The van der Waals surface area contributed by atoms with Crippen molar-refractivity contribution >= 4 is 34.0 Å². The molecule has 0 saturated carbocycles. The Bertz CT molecular complexity index is 488. The van der Waals surface area contributed by atoms with E-state index in [0.717, 1.165) is 35.2 Å². The molecule has 0 radical (unpaired) electrons. The molecule has 1 saturated heterocycles. The molecular formula is C14H20N2OS2. The largest absolute Gasteiger partial charge is 0.347 e. The predicted octanol–water partition coefficient (Wildman–Crippen LogP) is 3.24. The lowest BCUT2D eigenvalue weighted by Crippen LogP contribution is -2.26. The number of ketones is 1. The fourth-order valence-corrected chi connectivity index (χ4v) is 4.74. The van der Waals surface area contributed by atoms with Crippen molar-refractivity contribution in [2.75, 3.05) is 29.5 Å². The maximum Gasteiger partial charge on any atom is 0.186 e. The SMILES string of the molecule is CC1(C)CC(=O)c2sc(N3CCCSCC3)nc2C1. The summed E-state index contributed by atoms with van der Waals surface area (Å²) in [4.78, 5) is 20.3. The summed E-state index contributed by atoms with van der Waals surface area (Å²) in [7, 11) is 0. The molecule has 19 heavy (non-hydrogen) atoms. The summed E-state index contributed by atoms with van der Waals surface area (Å²) in [5.41, 5.74) is 1.11. The van der Waals surface area contributed by atoms with Crippen LogP contribution in [-0.2, 0) is 6.42 Å². The first-order chi connectivity index (χ1) is 9.05. The first-order valence-corrected chi connectivity index (χ1v) is 8.88. The Balaban J connectivity index is 1.87. The van der Waals surface area contributed by atoms with Crippen molar-refractivity contribution in [1.82, 2.24) is 4.98 Å². The average molecular weight is 296 g/mol. The van der Waals surface area contributed by atoms with Crippen molar-refractivity contribution in [2.24, 2.45) is 5.41 Å². The quantitative estimate of drug-likeness (QED) is 0.796. The Kier molecular flexibility index (Phi) is 3.60. The van der Waals surface area contributed by atoms with E-state index in [1.165, 1.54) is 17.9 Å². The summed E-state index contributed by atoms with van der Waals surface area (Å²) in [6.45, 7) is 6.47. The number of hydrogen-bond acceptors (Lipinski definition) is 5. The molecule has 1 fully saturated rings. The fraction of sp³-hybridized carbons (Fsp3) is 0.714. The highest BCUT2D eigenvalue weighted by atomic mass is 32.2. The minimum Gasteiger partial charge on any atom is -0.347 e. The lowest BCUT2D eigenvalue weighted by Gasteiger charge is -2.26. The normalized spacial score (nSPS) is 23.1. The number of thioether (sulfide) groups is 1. The zero-order chi connectivity index (χ0) is 13.5. The van der Waals surface area contributed by atoms with Crippen LogP contribution in [0.4, 0.5) is 5.13 Å². The average Bonchev–Trinajstić information content (AvgIpc) is 2.58. The van der Waals surface area contributed by atoms with E-state index in [2.05, 4.69) is 18.7 Å². The molecule has 0 bridgehead atoms. The second-order valence-corrected chi connectivity index (χ2v) is 8.37. The summed E-state index contributed by atoms with van der Waals surface area (Å²) < 4.78 is 0. The van der Waals surface area contributed by atoms with Gasteiger partial charge in [-0.05, 0) is 24.0 Å². The summed E-state index contributed by atoms with van der Waals surface area (Å²) >= 11 is 3.63. The zero-order valence-electron chi connectivity index (χ0n) is 11.6. The number of carbonyl (C=O) groups is 1. The van der Waals surface area contributed by atoms with E-state index in [0.29, 0.717) is 12.2 Å². The van der Waals surface area contributed by atoms with Gasteiger partial charge in [-0.3, -0.25) is 4.79 Å². The van der Waals surface area contributed by atoms with E-state index < -0.39 is 0 Å². The molecule has 0 aromatic carbocycles. The first-order valence-electron chi connectivity index (χ1n) is 6.91. The standard InChI is InChI=1S/C14H20N2OS2/c1-14(2)8-10-12(11(17)9-14)19-13(15-10)16-4-3-6-18-7-5-16/h3-9H2,1-2H3. The van der Waals surface area contributed by atoms with Gasteiger partial charge in [-0.15, -0.1) is 0 Å². The van der Waals surface area contributed by atoms with Crippen LogP contribution in [0.3, 0.4) is 0 Å². The Morgan fingerprint density at radius 3 is 2.89 bits per heavy atom. The third kappa shape index (κ3) is 2.82. The van der Waals surface area contributed by atoms with Gasteiger partial charge in [0.1, 0.15) is 0 Å². The van der Waals surface area contributed by atoms with Crippen LogP contribution in [0.2, 0.25) is 0 Å². The van der Waals surface area contributed by atoms with Crippen LogP contribution in [0.15, 0.2) is 0 Å². The van der Waals surface area contributed by atoms with Crippen LogP contribution in [0, 0.1) is 5.41 Å². The lowest BCUT2D eigenvalue weighted by molar-refractivity contribution is 0.0916. The number of anilines is 1. The molecule has 0 amide bonds. The number of aromatic nitrogens is 1. The highest BCUT2D eigenvalue weighted by Crippen LogP contribution is 2.39. The highest BCUT2D eigenvalue weighted by molar-refractivity contribution is 7.99. The smallest absolute Gasteiger partial charge is 0.186 e. The number of rotatable bonds is 1. The predicted molar refractivity (Wildman–Crippen MR) is 82.7 cm³/mol. The van der Waals surface area contributed by atoms with E-state index in [1.54, 1.807) is 11.3 Å². The molecule has 5 heteroatoms. The number of thiazole rings is 1. The number of Topliss-reactive ketones (excluding diaryl/α,β-unsaturated/α-hetero) is 1. The van der Waals surface area contributed by atoms with Crippen LogP contribution >= 0.6 is 23.1 Å². The van der Waals surface area contributed by atoms with E-state index >= 15 is 0 Å². The molecule has 104 valence electrons. The Morgan fingerprint density at radius 1 is 1.21 bits per heavy atom. The Morgan fingerprint density at radius 2 is 2.05 bits per heavy atom. The highest BCUT2D eigenvalue weighted by Gasteiger charge is 2.34. The number of fused-ring (bicyclic) bond motifs is 1. The van der Waals surface area contributed by atoms with Gasteiger partial charge >= 0.3 is 0 Å². The van der Waals surface area contributed by atoms with Crippen LogP contribution in [-0.4, -0.2) is 35.4 Å². The van der Waals surface area contributed by atoms with Gasteiger partial charge in [-0.25, -0.2) is 4.98 Å². The van der Waals surface area contributed by atoms with Gasteiger partial charge in [-0.2, -0.15) is 11.8 Å². The summed E-state index contributed by atoms with van der Waals surface area (Å²) in [5, 5.41) is 1.07. The Hall–Kier alpha value is -0.550. The maximum absolute atomic E-state index is 12.2. The molecule has 0 spiro atoms. The summed E-state index contributed by atoms with van der Waals surface area (Å²) in [5.74, 6) is 2.70. The number of carbonyl (C=O) groups excluding carboxylic acids is 1. The van der Waals surface area contributed by atoms with E-state index in [4.69, 9.17) is 4.98 Å². The van der Waals surface area contributed by atoms with Crippen molar-refractivity contribution in [3.05, 3.63) is 10.6 Å². The van der Waals surface area contributed by atoms with Gasteiger partial charge in [0.25, 0.3) is 0 Å². The second-order valence-electron chi connectivity index (χ2n) is 6.17. The molecular weight excluding hydrogens is 276 g/mol. The molecule has 2 aliphatic rings. The molecule has 1 aliphatic carbocycles. The third-order valence-corrected chi connectivity index (χ3v) is 5.97. The molecule has 1 aliphatic heterocycles. The minimum absolute atomic E-state index is 0.0735. The maximum atomic E-state index is 12.2. The number of nitrogens with zero attached hydrogens (tertiary/aromatic N) is 2. The molecule has 3 rings (SSSR count). The molecule has 1 aromatic rings. The van der Waals surface area contributed by atoms with E-state index in [9.17, 15) is 4.79 Å². The van der Waals surface area contributed by atoms with Crippen molar-refractivity contribution in [2.45, 2.75) is 33.1 Å². The molecule has 3 nitrogen and oxygen atoms in total. The van der Waals surface area contributed by atoms with Crippen LogP contribution in [0.1, 0.15) is 42.1 Å². The fourth-order valence-electron chi connectivity index (χ4n) is 2.78. The van der Waals surface area contributed by atoms with Crippen molar-refractivity contribution in [3.63, 3.8) is 0 Å². The summed E-state index contributed by atoms with van der Waals surface area (Å²) in [6, 6.07) is 0. The molecule has 0 N–H and O–H groups in total. The van der Waals surface area contributed by atoms with Crippen molar-refractivity contribution in [3.8, 4) is 0 Å². The molecule has 1 aromatic heterocycles. The van der Waals surface area contributed by atoms with Gasteiger partial charge in [0.15, 0.2) is 10.9 Å². The topological polar surface area (TPSA) is 33.2 Å². The van der Waals surface area contributed by atoms with Crippen LogP contribution in [0.5, 0.6) is 0 Å². The van der Waals surface area contributed by atoms with Gasteiger partial charge < -0.3 is 4.90 Å². The molecule has 2 heterocycles. The van der Waals surface area contributed by atoms with E-state index in [1.807, 2.05) is 11.8 Å². The monoisotopic (exact) mass is 296 g/mol. The zero-order valence-corrected chi connectivity index (χ0v) is 13.2. The van der Waals surface area contributed by atoms with Crippen molar-refractivity contribution in [1.29, 1.82) is 0 Å². The molecule has 0 atom stereocenters. The van der Waals surface area contributed by atoms with Crippen molar-refractivity contribution < 1.29 is 4.79 Å². The summed E-state index contributed by atoms with van der Waals surface area (Å²) in [6.07, 6.45) is 2.82. The third-order valence-electron chi connectivity index (χ3n) is 3.72. The second kappa shape index (κ2) is 5.09. The van der Waals surface area contributed by atoms with Crippen LogP contribution < -0.4 is 4.90 Å². The first kappa shape index (κ1) is 13.4. The number of hydrogen-bond donors (Lipinski definition) is 0. The van der Waals surface area contributed by atoms with Crippen LogP contribution in [0.25, 0.3) is 0 Å².